The minimum absolute atomic E-state index is 0.138. The predicted octanol–water partition coefficient (Wildman–Crippen LogP) is 3.54. The van der Waals surface area contributed by atoms with Crippen LogP contribution in [-0.2, 0) is 16.1 Å². The van der Waals surface area contributed by atoms with Crippen LogP contribution in [0.4, 0.5) is 0 Å². The standard InChI is InChI=1S/C20H22Cl2N2O4/c1-13(20(26)23-2)24(11-14-8-9-15(21)10-16(14)22)19(25)12-28-18-7-5-4-6-17(18)27-3/h4-10,13H,11-12H2,1-3H3,(H,23,26). The summed E-state index contributed by atoms with van der Waals surface area (Å²) in [6.07, 6.45) is 0. The summed E-state index contributed by atoms with van der Waals surface area (Å²) in [4.78, 5) is 26.4. The number of nitrogens with zero attached hydrogens (tertiary/aromatic N) is 1. The first-order valence-corrected chi connectivity index (χ1v) is 9.33. The molecule has 0 fully saturated rings. The molecule has 2 aromatic carbocycles. The zero-order valence-electron chi connectivity index (χ0n) is 15.9. The number of likely N-dealkylation sites (N-methyl/N-ethyl adjacent to an activating group) is 1. The summed E-state index contributed by atoms with van der Waals surface area (Å²) < 4.78 is 10.8. The number of halogens is 2. The van der Waals surface area contributed by atoms with E-state index >= 15 is 0 Å². The number of carbonyl (C=O) groups excluding carboxylic acids is 2. The van der Waals surface area contributed by atoms with Crippen LogP contribution < -0.4 is 14.8 Å². The highest BCUT2D eigenvalue weighted by atomic mass is 35.5. The Morgan fingerprint density at radius 3 is 2.43 bits per heavy atom. The Morgan fingerprint density at radius 1 is 1.14 bits per heavy atom. The fraction of sp³-hybridized carbons (Fsp3) is 0.300. The summed E-state index contributed by atoms with van der Waals surface area (Å²) in [7, 11) is 3.04. The fourth-order valence-corrected chi connectivity index (χ4v) is 3.05. The maximum Gasteiger partial charge on any atom is 0.261 e. The number of hydrogen-bond donors (Lipinski definition) is 1. The highest BCUT2D eigenvalue weighted by Gasteiger charge is 2.26. The van der Waals surface area contributed by atoms with E-state index in [9.17, 15) is 9.59 Å². The number of ether oxygens (including phenoxy) is 2. The zero-order chi connectivity index (χ0) is 20.7. The lowest BCUT2D eigenvalue weighted by atomic mass is 10.1. The predicted molar refractivity (Wildman–Crippen MR) is 109 cm³/mol. The molecule has 0 saturated carbocycles. The van der Waals surface area contributed by atoms with Crippen molar-refractivity contribution in [1.29, 1.82) is 0 Å². The summed E-state index contributed by atoms with van der Waals surface area (Å²) in [5.41, 5.74) is 0.674. The molecule has 0 bridgehead atoms. The van der Waals surface area contributed by atoms with Crippen LogP contribution in [0, 0.1) is 0 Å². The average Bonchev–Trinajstić information content (AvgIpc) is 2.70. The number of hydrogen-bond acceptors (Lipinski definition) is 4. The summed E-state index contributed by atoms with van der Waals surface area (Å²) in [5, 5.41) is 3.46. The number of benzene rings is 2. The lowest BCUT2D eigenvalue weighted by Crippen LogP contribution is -2.48. The first-order valence-electron chi connectivity index (χ1n) is 8.58. The van der Waals surface area contributed by atoms with Crippen molar-refractivity contribution in [2.45, 2.75) is 19.5 Å². The Balaban J connectivity index is 2.20. The highest BCUT2D eigenvalue weighted by molar-refractivity contribution is 6.35. The van der Waals surface area contributed by atoms with Crippen LogP contribution in [0.3, 0.4) is 0 Å². The van der Waals surface area contributed by atoms with E-state index in [-0.39, 0.29) is 25.0 Å². The molecule has 0 saturated heterocycles. The average molecular weight is 425 g/mol. The molecule has 0 spiro atoms. The Kier molecular flexibility index (Phi) is 7.96. The van der Waals surface area contributed by atoms with Gasteiger partial charge in [-0.25, -0.2) is 0 Å². The van der Waals surface area contributed by atoms with Gasteiger partial charge in [-0.2, -0.15) is 0 Å². The largest absolute Gasteiger partial charge is 0.493 e. The Hall–Kier alpha value is -2.44. The second-order valence-electron chi connectivity index (χ2n) is 5.99. The van der Waals surface area contributed by atoms with Gasteiger partial charge >= 0.3 is 0 Å². The number of methoxy groups -OCH3 is 1. The van der Waals surface area contributed by atoms with Crippen molar-refractivity contribution in [2.24, 2.45) is 0 Å². The van der Waals surface area contributed by atoms with Crippen LogP contribution in [0.25, 0.3) is 0 Å². The number of nitrogens with one attached hydrogen (secondary N) is 1. The molecule has 6 nitrogen and oxygen atoms in total. The van der Waals surface area contributed by atoms with Crippen molar-refractivity contribution in [3.05, 3.63) is 58.1 Å². The third-order valence-corrected chi connectivity index (χ3v) is 4.78. The number of amides is 2. The maximum atomic E-state index is 12.9. The third kappa shape index (κ3) is 5.53. The van der Waals surface area contributed by atoms with Crippen LogP contribution in [0.5, 0.6) is 11.5 Å². The quantitative estimate of drug-likeness (QED) is 0.703. The molecule has 0 radical (unpaired) electrons. The van der Waals surface area contributed by atoms with E-state index in [1.165, 1.54) is 19.1 Å². The van der Waals surface area contributed by atoms with Crippen molar-refractivity contribution in [3.63, 3.8) is 0 Å². The van der Waals surface area contributed by atoms with E-state index in [2.05, 4.69) is 5.32 Å². The summed E-state index contributed by atoms with van der Waals surface area (Å²) in [6.45, 7) is 1.52. The van der Waals surface area contributed by atoms with E-state index in [0.29, 0.717) is 27.1 Å². The Morgan fingerprint density at radius 2 is 1.82 bits per heavy atom. The van der Waals surface area contributed by atoms with Gasteiger partial charge in [0.15, 0.2) is 18.1 Å². The monoisotopic (exact) mass is 424 g/mol. The molecular weight excluding hydrogens is 403 g/mol. The van der Waals surface area contributed by atoms with Crippen molar-refractivity contribution in [3.8, 4) is 11.5 Å². The Bertz CT molecular complexity index is 845. The Labute approximate surface area is 174 Å². The first-order chi connectivity index (χ1) is 13.4. The SMILES string of the molecule is CNC(=O)C(C)N(Cc1ccc(Cl)cc1Cl)C(=O)COc1ccccc1OC. The van der Waals surface area contributed by atoms with Gasteiger partial charge in [0.05, 0.1) is 7.11 Å². The van der Waals surface area contributed by atoms with Crippen molar-refractivity contribution >= 4 is 35.0 Å². The molecule has 1 N–H and O–H groups in total. The second kappa shape index (κ2) is 10.2. The summed E-state index contributed by atoms with van der Waals surface area (Å²) in [6, 6.07) is 11.3. The molecule has 0 aliphatic carbocycles. The molecule has 150 valence electrons. The molecule has 1 unspecified atom stereocenters. The molecule has 2 amide bonds. The molecule has 2 aromatic rings. The van der Waals surface area contributed by atoms with Crippen molar-refractivity contribution in [2.75, 3.05) is 20.8 Å². The third-order valence-electron chi connectivity index (χ3n) is 4.19. The minimum Gasteiger partial charge on any atom is -0.493 e. The van der Waals surface area contributed by atoms with E-state index < -0.39 is 6.04 Å². The molecule has 0 aliphatic heterocycles. The minimum atomic E-state index is -0.717. The van der Waals surface area contributed by atoms with Gasteiger partial charge < -0.3 is 19.7 Å². The van der Waals surface area contributed by atoms with Gasteiger partial charge in [-0.3, -0.25) is 9.59 Å². The number of rotatable bonds is 8. The lowest BCUT2D eigenvalue weighted by molar-refractivity contribution is -0.142. The van der Waals surface area contributed by atoms with Gasteiger partial charge in [-0.1, -0.05) is 41.4 Å². The molecule has 8 heteroatoms. The number of para-hydroxylation sites is 2. The van der Waals surface area contributed by atoms with Crippen LogP contribution >= 0.6 is 23.2 Å². The van der Waals surface area contributed by atoms with Gasteiger partial charge in [0, 0.05) is 23.6 Å². The molecule has 1 atom stereocenters. The van der Waals surface area contributed by atoms with Crippen molar-refractivity contribution in [1.82, 2.24) is 10.2 Å². The van der Waals surface area contributed by atoms with Gasteiger partial charge in [0.25, 0.3) is 5.91 Å². The topological polar surface area (TPSA) is 67.9 Å². The molecule has 0 aromatic heterocycles. The zero-order valence-corrected chi connectivity index (χ0v) is 17.4. The van der Waals surface area contributed by atoms with Crippen molar-refractivity contribution < 1.29 is 19.1 Å². The van der Waals surface area contributed by atoms with Crippen LogP contribution in [0.2, 0.25) is 10.0 Å². The van der Waals surface area contributed by atoms with E-state index in [0.717, 1.165) is 0 Å². The normalized spacial score (nSPS) is 11.5. The summed E-state index contributed by atoms with van der Waals surface area (Å²) in [5.74, 6) is 0.293. The molecule has 2 rings (SSSR count). The van der Waals surface area contributed by atoms with Gasteiger partial charge in [-0.05, 0) is 36.8 Å². The first kappa shape index (κ1) is 21.9. The van der Waals surface area contributed by atoms with Gasteiger partial charge in [-0.15, -0.1) is 0 Å². The highest BCUT2D eigenvalue weighted by Crippen LogP contribution is 2.26. The molecule has 0 aliphatic rings. The second-order valence-corrected chi connectivity index (χ2v) is 6.83. The molecular formula is C20H22Cl2N2O4. The van der Waals surface area contributed by atoms with Crippen LogP contribution in [0.15, 0.2) is 42.5 Å². The van der Waals surface area contributed by atoms with Crippen LogP contribution in [0.1, 0.15) is 12.5 Å². The van der Waals surface area contributed by atoms with Gasteiger partial charge in [0.1, 0.15) is 6.04 Å². The maximum absolute atomic E-state index is 12.9. The van der Waals surface area contributed by atoms with E-state index in [1.807, 2.05) is 0 Å². The number of carbonyl (C=O) groups is 2. The smallest absolute Gasteiger partial charge is 0.261 e. The molecule has 0 heterocycles. The van der Waals surface area contributed by atoms with E-state index in [4.69, 9.17) is 32.7 Å². The van der Waals surface area contributed by atoms with Crippen LogP contribution in [-0.4, -0.2) is 43.5 Å². The van der Waals surface area contributed by atoms with E-state index in [1.54, 1.807) is 49.4 Å². The molecule has 28 heavy (non-hydrogen) atoms. The lowest BCUT2D eigenvalue weighted by Gasteiger charge is -2.28. The van der Waals surface area contributed by atoms with Gasteiger partial charge in [0.2, 0.25) is 5.91 Å². The summed E-state index contributed by atoms with van der Waals surface area (Å²) >= 11 is 12.2. The fourth-order valence-electron chi connectivity index (χ4n) is 2.59.